The molecule has 0 saturated heterocycles. The molecule has 104 valence electrons. The second-order valence-corrected chi connectivity index (χ2v) is 5.50. The van der Waals surface area contributed by atoms with Gasteiger partial charge < -0.3 is 10.6 Å². The van der Waals surface area contributed by atoms with Gasteiger partial charge in [-0.05, 0) is 39.7 Å². The zero-order chi connectivity index (χ0) is 14.5. The summed E-state index contributed by atoms with van der Waals surface area (Å²) in [6.45, 7) is 2.11. The van der Waals surface area contributed by atoms with E-state index in [1.807, 2.05) is 30.3 Å². The Balaban J connectivity index is 2.00. The van der Waals surface area contributed by atoms with E-state index in [-0.39, 0.29) is 5.91 Å². The van der Waals surface area contributed by atoms with Gasteiger partial charge in [-0.15, -0.1) is 0 Å². The van der Waals surface area contributed by atoms with Crippen LogP contribution in [-0.4, -0.2) is 10.9 Å². The van der Waals surface area contributed by atoms with E-state index in [0.717, 1.165) is 21.4 Å². The van der Waals surface area contributed by atoms with Crippen LogP contribution in [0.1, 0.15) is 12.5 Å². The van der Waals surface area contributed by atoms with Gasteiger partial charge in [-0.1, -0.05) is 23.7 Å². The molecule has 2 rings (SSSR count). The number of halogens is 2. The third-order valence-electron chi connectivity index (χ3n) is 2.56. The van der Waals surface area contributed by atoms with Crippen LogP contribution in [-0.2, 0) is 11.3 Å². The molecule has 1 aromatic heterocycles. The fourth-order valence-electron chi connectivity index (χ4n) is 1.65. The number of aromatic nitrogens is 1. The van der Waals surface area contributed by atoms with Crippen molar-refractivity contribution in [2.24, 2.45) is 0 Å². The van der Waals surface area contributed by atoms with Crippen molar-refractivity contribution in [1.82, 2.24) is 4.98 Å². The van der Waals surface area contributed by atoms with Gasteiger partial charge in [-0.3, -0.25) is 4.79 Å². The van der Waals surface area contributed by atoms with Crippen LogP contribution < -0.4 is 10.6 Å². The molecule has 1 aromatic carbocycles. The van der Waals surface area contributed by atoms with Crippen LogP contribution in [0, 0.1) is 0 Å². The first-order valence-corrected chi connectivity index (χ1v) is 7.13. The number of benzene rings is 1. The molecule has 1 heterocycles. The van der Waals surface area contributed by atoms with Crippen molar-refractivity contribution in [2.75, 3.05) is 10.6 Å². The summed E-state index contributed by atoms with van der Waals surface area (Å²) >= 11 is 9.36. The normalized spacial score (nSPS) is 10.2. The lowest BCUT2D eigenvalue weighted by atomic mass is 10.2. The van der Waals surface area contributed by atoms with Crippen LogP contribution in [0.15, 0.2) is 41.0 Å². The number of carbonyl (C=O) groups is 1. The number of anilines is 2. The predicted octanol–water partition coefficient (Wildman–Crippen LogP) is 4.07. The Kier molecular flexibility index (Phi) is 4.98. The largest absolute Gasteiger partial charge is 0.378 e. The maximum Gasteiger partial charge on any atom is 0.221 e. The smallest absolute Gasteiger partial charge is 0.221 e. The zero-order valence-electron chi connectivity index (χ0n) is 10.8. The van der Waals surface area contributed by atoms with Crippen LogP contribution in [0.25, 0.3) is 0 Å². The van der Waals surface area contributed by atoms with Crippen molar-refractivity contribution in [3.63, 3.8) is 0 Å². The highest BCUT2D eigenvalue weighted by molar-refractivity contribution is 9.10. The summed E-state index contributed by atoms with van der Waals surface area (Å²) in [5.41, 5.74) is 2.63. The van der Waals surface area contributed by atoms with Crippen LogP contribution in [0.5, 0.6) is 0 Å². The summed E-state index contributed by atoms with van der Waals surface area (Å²) in [7, 11) is 0. The summed E-state index contributed by atoms with van der Waals surface area (Å²) in [6, 6.07) is 9.48. The fraction of sp³-hybridized carbons (Fsp3) is 0.143. The summed E-state index contributed by atoms with van der Waals surface area (Å²) in [5, 5.41) is 6.38. The van der Waals surface area contributed by atoms with Gasteiger partial charge >= 0.3 is 0 Å². The summed E-state index contributed by atoms with van der Waals surface area (Å²) < 4.78 is 0.866. The van der Waals surface area contributed by atoms with Crippen molar-refractivity contribution < 1.29 is 4.79 Å². The van der Waals surface area contributed by atoms with Crippen LogP contribution >= 0.6 is 27.5 Å². The van der Waals surface area contributed by atoms with Crippen molar-refractivity contribution in [2.45, 2.75) is 13.5 Å². The predicted molar refractivity (Wildman–Crippen MR) is 85.0 cm³/mol. The molecule has 0 spiro atoms. The van der Waals surface area contributed by atoms with E-state index in [2.05, 4.69) is 31.5 Å². The van der Waals surface area contributed by atoms with E-state index in [0.29, 0.717) is 11.7 Å². The van der Waals surface area contributed by atoms with Crippen LogP contribution in [0.3, 0.4) is 0 Å². The standard InChI is InChI=1S/C14H13BrClN3O/c1-9(20)19-12-4-2-10(3-5-12)7-17-13-6-11(15)8-18-14(13)16/h2-6,8,17H,7H2,1H3,(H,19,20). The summed E-state index contributed by atoms with van der Waals surface area (Å²) in [5.74, 6) is -0.0807. The molecule has 0 unspecified atom stereocenters. The molecule has 6 heteroatoms. The molecule has 0 fully saturated rings. The molecule has 0 radical (unpaired) electrons. The highest BCUT2D eigenvalue weighted by Crippen LogP contribution is 2.23. The first kappa shape index (κ1) is 14.8. The number of pyridine rings is 1. The van der Waals surface area contributed by atoms with Gasteiger partial charge in [0.25, 0.3) is 0 Å². The summed E-state index contributed by atoms with van der Waals surface area (Å²) in [6.07, 6.45) is 1.65. The third-order valence-corrected chi connectivity index (χ3v) is 3.30. The van der Waals surface area contributed by atoms with E-state index in [9.17, 15) is 4.79 Å². The Morgan fingerprint density at radius 3 is 2.70 bits per heavy atom. The van der Waals surface area contributed by atoms with E-state index < -0.39 is 0 Å². The van der Waals surface area contributed by atoms with E-state index in [4.69, 9.17) is 11.6 Å². The Bertz CT molecular complexity index is 616. The molecule has 2 N–H and O–H groups in total. The highest BCUT2D eigenvalue weighted by Gasteiger charge is 2.02. The van der Waals surface area contributed by atoms with Crippen molar-refractivity contribution in [3.05, 3.63) is 51.7 Å². The monoisotopic (exact) mass is 353 g/mol. The lowest BCUT2D eigenvalue weighted by Gasteiger charge is -2.09. The summed E-state index contributed by atoms with van der Waals surface area (Å²) in [4.78, 5) is 15.0. The Labute approximate surface area is 130 Å². The van der Waals surface area contributed by atoms with Gasteiger partial charge in [0.15, 0.2) is 5.15 Å². The molecule has 0 aliphatic carbocycles. The third kappa shape index (κ3) is 4.21. The molecule has 1 amide bonds. The van der Waals surface area contributed by atoms with E-state index in [1.165, 1.54) is 6.92 Å². The van der Waals surface area contributed by atoms with Crippen molar-refractivity contribution in [3.8, 4) is 0 Å². The number of nitrogens with zero attached hydrogens (tertiary/aromatic N) is 1. The molecular weight excluding hydrogens is 342 g/mol. The lowest BCUT2D eigenvalue weighted by Crippen LogP contribution is -2.06. The second-order valence-electron chi connectivity index (χ2n) is 4.22. The number of hydrogen-bond acceptors (Lipinski definition) is 3. The quantitative estimate of drug-likeness (QED) is 0.814. The SMILES string of the molecule is CC(=O)Nc1ccc(CNc2cc(Br)cnc2Cl)cc1. The number of rotatable bonds is 4. The van der Waals surface area contributed by atoms with Gasteiger partial charge in [0.1, 0.15) is 0 Å². The number of carbonyl (C=O) groups excluding carboxylic acids is 1. The van der Waals surface area contributed by atoms with Crippen molar-refractivity contribution in [1.29, 1.82) is 0 Å². The molecule has 4 nitrogen and oxygen atoms in total. The highest BCUT2D eigenvalue weighted by atomic mass is 79.9. The number of amides is 1. The van der Waals surface area contributed by atoms with Gasteiger partial charge in [0.05, 0.1) is 5.69 Å². The average Bonchev–Trinajstić information content (AvgIpc) is 2.41. The van der Waals surface area contributed by atoms with Crippen LogP contribution in [0.4, 0.5) is 11.4 Å². The van der Waals surface area contributed by atoms with E-state index in [1.54, 1.807) is 6.20 Å². The Morgan fingerprint density at radius 2 is 2.05 bits per heavy atom. The molecular formula is C14H13BrClN3O. The molecule has 0 bridgehead atoms. The van der Waals surface area contributed by atoms with E-state index >= 15 is 0 Å². The first-order valence-electron chi connectivity index (χ1n) is 5.96. The van der Waals surface area contributed by atoms with Gasteiger partial charge in [-0.25, -0.2) is 4.98 Å². The molecule has 0 aliphatic heterocycles. The van der Waals surface area contributed by atoms with Gasteiger partial charge in [0, 0.05) is 29.8 Å². The molecule has 20 heavy (non-hydrogen) atoms. The first-order chi connectivity index (χ1) is 9.54. The minimum atomic E-state index is -0.0807. The molecule has 0 aliphatic rings. The maximum atomic E-state index is 10.9. The molecule has 0 saturated carbocycles. The Morgan fingerprint density at radius 1 is 1.35 bits per heavy atom. The topological polar surface area (TPSA) is 54.0 Å². The van der Waals surface area contributed by atoms with Gasteiger partial charge in [-0.2, -0.15) is 0 Å². The number of nitrogens with one attached hydrogen (secondary N) is 2. The van der Waals surface area contributed by atoms with Crippen molar-refractivity contribution >= 4 is 44.8 Å². The minimum absolute atomic E-state index is 0.0807. The second kappa shape index (κ2) is 6.72. The zero-order valence-corrected chi connectivity index (χ0v) is 13.1. The number of hydrogen-bond donors (Lipinski definition) is 2. The average molecular weight is 355 g/mol. The van der Waals surface area contributed by atoms with Crippen LogP contribution in [0.2, 0.25) is 5.15 Å². The maximum absolute atomic E-state index is 10.9. The molecule has 2 aromatic rings. The fourth-order valence-corrected chi connectivity index (χ4v) is 2.15. The Hall–Kier alpha value is -1.59. The lowest BCUT2D eigenvalue weighted by molar-refractivity contribution is -0.114. The minimum Gasteiger partial charge on any atom is -0.378 e. The molecule has 0 atom stereocenters. The van der Waals surface area contributed by atoms with Gasteiger partial charge in [0.2, 0.25) is 5.91 Å².